The molecule has 1 N–H and O–H groups in total. The average Bonchev–Trinajstić information content (AvgIpc) is 2.42. The molecule has 20 heavy (non-hydrogen) atoms. The van der Waals surface area contributed by atoms with Crippen LogP contribution < -0.4 is 4.72 Å². The van der Waals surface area contributed by atoms with Crippen LogP contribution in [0.2, 0.25) is 0 Å². The van der Waals surface area contributed by atoms with Crippen molar-refractivity contribution < 1.29 is 8.42 Å². The normalized spacial score (nSPS) is 19.4. The van der Waals surface area contributed by atoms with Crippen molar-refractivity contribution in [2.75, 3.05) is 20.1 Å². The molecule has 5 nitrogen and oxygen atoms in total. The molecule has 1 aliphatic rings. The van der Waals surface area contributed by atoms with Gasteiger partial charge in [-0.3, -0.25) is 0 Å². The lowest BCUT2D eigenvalue weighted by Gasteiger charge is -2.35. The largest absolute Gasteiger partial charge is 0.306 e. The Hall–Kier alpha value is -1.42. The molecule has 1 aliphatic heterocycles. The summed E-state index contributed by atoms with van der Waals surface area (Å²) in [6, 6.07) is 8.97. The molecule has 0 aliphatic carbocycles. The Morgan fingerprint density at radius 1 is 1.30 bits per heavy atom. The van der Waals surface area contributed by atoms with Crippen molar-refractivity contribution in [1.29, 1.82) is 5.26 Å². The number of aryl methyl sites for hydroxylation is 1. The molecule has 0 atom stereocenters. The third kappa shape index (κ3) is 3.01. The van der Waals surface area contributed by atoms with E-state index in [2.05, 4.69) is 15.7 Å². The molecule has 2 rings (SSSR count). The van der Waals surface area contributed by atoms with Gasteiger partial charge < -0.3 is 4.90 Å². The number of nitriles is 1. The SMILES string of the molecule is Cc1ccccc1S(=O)(=O)NC1(C#N)CCN(C)CC1. The molecular formula is C14H19N3O2S. The first-order valence-corrected chi connectivity index (χ1v) is 8.06. The van der Waals surface area contributed by atoms with Gasteiger partial charge in [0, 0.05) is 13.1 Å². The molecule has 6 heteroatoms. The first-order chi connectivity index (χ1) is 9.38. The fourth-order valence-electron chi connectivity index (χ4n) is 2.41. The van der Waals surface area contributed by atoms with Crippen LogP contribution in [0.4, 0.5) is 0 Å². The molecule has 0 amide bonds. The number of sulfonamides is 1. The van der Waals surface area contributed by atoms with Crippen LogP contribution in [0.15, 0.2) is 29.2 Å². The fourth-order valence-corrected chi connectivity index (χ4v) is 4.03. The maximum absolute atomic E-state index is 12.5. The van der Waals surface area contributed by atoms with Gasteiger partial charge in [0.1, 0.15) is 5.54 Å². The van der Waals surface area contributed by atoms with Crippen LogP contribution >= 0.6 is 0 Å². The second-order valence-corrected chi connectivity index (χ2v) is 7.02. The van der Waals surface area contributed by atoms with E-state index in [-0.39, 0.29) is 4.90 Å². The van der Waals surface area contributed by atoms with Gasteiger partial charge in [-0.25, -0.2) is 8.42 Å². The number of hydrogen-bond acceptors (Lipinski definition) is 4. The highest BCUT2D eigenvalue weighted by Crippen LogP contribution is 2.24. The minimum Gasteiger partial charge on any atom is -0.306 e. The summed E-state index contributed by atoms with van der Waals surface area (Å²) < 4.78 is 27.6. The van der Waals surface area contributed by atoms with Crippen LogP contribution in [0.1, 0.15) is 18.4 Å². The first-order valence-electron chi connectivity index (χ1n) is 6.58. The molecule has 0 saturated carbocycles. The standard InChI is InChI=1S/C14H19N3O2S/c1-12-5-3-4-6-13(12)20(18,19)16-14(11-15)7-9-17(2)10-8-14/h3-6,16H,7-10H2,1-2H3. The highest BCUT2D eigenvalue weighted by Gasteiger charge is 2.38. The van der Waals surface area contributed by atoms with Crippen LogP contribution in [0.3, 0.4) is 0 Å². The van der Waals surface area contributed by atoms with Gasteiger partial charge in [0.25, 0.3) is 0 Å². The van der Waals surface area contributed by atoms with Gasteiger partial charge in [0.15, 0.2) is 0 Å². The van der Waals surface area contributed by atoms with Gasteiger partial charge in [-0.1, -0.05) is 18.2 Å². The zero-order chi connectivity index (χ0) is 14.8. The molecule has 0 aromatic heterocycles. The van der Waals surface area contributed by atoms with E-state index in [1.165, 1.54) is 0 Å². The fraction of sp³-hybridized carbons (Fsp3) is 0.500. The third-order valence-corrected chi connectivity index (χ3v) is 5.46. The van der Waals surface area contributed by atoms with E-state index in [0.717, 1.165) is 0 Å². The maximum Gasteiger partial charge on any atom is 0.242 e. The molecule has 0 unspecified atom stereocenters. The second-order valence-electron chi connectivity index (χ2n) is 5.37. The van der Waals surface area contributed by atoms with Gasteiger partial charge >= 0.3 is 0 Å². The summed E-state index contributed by atoms with van der Waals surface area (Å²) in [4.78, 5) is 2.34. The van der Waals surface area contributed by atoms with Gasteiger partial charge in [-0.05, 0) is 38.4 Å². The Balaban J connectivity index is 2.28. The molecule has 1 aromatic rings. The van der Waals surface area contributed by atoms with E-state index < -0.39 is 15.6 Å². The number of nitrogens with zero attached hydrogens (tertiary/aromatic N) is 2. The molecule has 1 saturated heterocycles. The molecule has 0 bridgehead atoms. The Morgan fingerprint density at radius 2 is 1.90 bits per heavy atom. The Labute approximate surface area is 120 Å². The van der Waals surface area contributed by atoms with Crippen LogP contribution in [-0.4, -0.2) is 39.0 Å². The summed E-state index contributed by atoms with van der Waals surface area (Å²) >= 11 is 0. The van der Waals surface area contributed by atoms with Gasteiger partial charge in [-0.15, -0.1) is 0 Å². The number of rotatable bonds is 3. The predicted molar refractivity (Wildman–Crippen MR) is 76.6 cm³/mol. The maximum atomic E-state index is 12.5. The minimum absolute atomic E-state index is 0.244. The Morgan fingerprint density at radius 3 is 2.45 bits per heavy atom. The van der Waals surface area contributed by atoms with Crippen molar-refractivity contribution in [3.63, 3.8) is 0 Å². The number of benzene rings is 1. The summed E-state index contributed by atoms with van der Waals surface area (Å²) in [5, 5.41) is 9.41. The zero-order valence-electron chi connectivity index (χ0n) is 11.8. The second kappa shape index (κ2) is 5.52. The third-order valence-electron chi connectivity index (χ3n) is 3.77. The van der Waals surface area contributed by atoms with Crippen molar-refractivity contribution in [2.45, 2.75) is 30.2 Å². The Bertz CT molecular complexity index is 626. The van der Waals surface area contributed by atoms with Gasteiger partial charge in [-0.2, -0.15) is 9.98 Å². The number of likely N-dealkylation sites (tertiary alicyclic amines) is 1. The summed E-state index contributed by atoms with van der Waals surface area (Å²) in [6.45, 7) is 3.18. The monoisotopic (exact) mass is 293 g/mol. The lowest BCUT2D eigenvalue weighted by molar-refractivity contribution is 0.213. The summed E-state index contributed by atoms with van der Waals surface area (Å²) in [7, 11) is -1.70. The van der Waals surface area contributed by atoms with Crippen molar-refractivity contribution in [2.24, 2.45) is 0 Å². The summed E-state index contributed by atoms with van der Waals surface area (Å²) in [5.41, 5.74) is -0.311. The van der Waals surface area contributed by atoms with Gasteiger partial charge in [0.05, 0.1) is 11.0 Å². The highest BCUT2D eigenvalue weighted by molar-refractivity contribution is 7.89. The predicted octanol–water partition coefficient (Wildman–Crippen LogP) is 1.26. The van der Waals surface area contributed by atoms with E-state index in [4.69, 9.17) is 0 Å². The summed E-state index contributed by atoms with van der Waals surface area (Å²) in [5.74, 6) is 0. The van der Waals surface area contributed by atoms with E-state index in [9.17, 15) is 13.7 Å². The molecule has 1 aromatic carbocycles. The minimum atomic E-state index is -3.67. The van der Waals surface area contributed by atoms with E-state index in [0.29, 0.717) is 31.5 Å². The number of hydrogen-bond donors (Lipinski definition) is 1. The van der Waals surface area contributed by atoms with E-state index in [1.807, 2.05) is 7.05 Å². The topological polar surface area (TPSA) is 73.2 Å². The number of nitrogens with one attached hydrogen (secondary N) is 1. The molecule has 0 radical (unpaired) electrons. The number of piperidine rings is 1. The van der Waals surface area contributed by atoms with E-state index >= 15 is 0 Å². The molecule has 1 heterocycles. The van der Waals surface area contributed by atoms with Crippen molar-refractivity contribution >= 4 is 10.0 Å². The highest BCUT2D eigenvalue weighted by atomic mass is 32.2. The van der Waals surface area contributed by atoms with Crippen molar-refractivity contribution in [1.82, 2.24) is 9.62 Å². The zero-order valence-corrected chi connectivity index (χ0v) is 12.6. The van der Waals surface area contributed by atoms with Crippen LogP contribution in [-0.2, 0) is 10.0 Å². The molecular weight excluding hydrogens is 274 g/mol. The van der Waals surface area contributed by atoms with E-state index in [1.54, 1.807) is 31.2 Å². The molecule has 0 spiro atoms. The summed E-state index contributed by atoms with van der Waals surface area (Å²) in [6.07, 6.45) is 1.01. The van der Waals surface area contributed by atoms with Crippen LogP contribution in [0.5, 0.6) is 0 Å². The van der Waals surface area contributed by atoms with Crippen molar-refractivity contribution in [3.8, 4) is 6.07 Å². The lowest BCUT2D eigenvalue weighted by Crippen LogP contribution is -2.53. The molecule has 108 valence electrons. The lowest BCUT2D eigenvalue weighted by atomic mass is 9.91. The smallest absolute Gasteiger partial charge is 0.242 e. The molecule has 1 fully saturated rings. The van der Waals surface area contributed by atoms with Crippen LogP contribution in [0.25, 0.3) is 0 Å². The van der Waals surface area contributed by atoms with Crippen molar-refractivity contribution in [3.05, 3.63) is 29.8 Å². The first kappa shape index (κ1) is 15.0. The van der Waals surface area contributed by atoms with Crippen LogP contribution in [0, 0.1) is 18.3 Å². The Kier molecular flexibility index (Phi) is 4.14. The average molecular weight is 293 g/mol. The quantitative estimate of drug-likeness (QED) is 0.910. The van der Waals surface area contributed by atoms with Gasteiger partial charge in [0.2, 0.25) is 10.0 Å².